The Labute approximate surface area is 316 Å². The Hall–Kier alpha value is -4.62. The summed E-state index contributed by atoms with van der Waals surface area (Å²) in [5.74, 6) is 1.33. The van der Waals surface area contributed by atoms with Crippen LogP contribution in [0.25, 0.3) is 34.4 Å². The van der Waals surface area contributed by atoms with Gasteiger partial charge in [0.25, 0.3) is 0 Å². The van der Waals surface area contributed by atoms with Gasteiger partial charge in [-0.05, 0) is 37.1 Å². The van der Waals surface area contributed by atoms with Gasteiger partial charge in [0.2, 0.25) is 0 Å². The van der Waals surface area contributed by atoms with E-state index in [-0.39, 0.29) is 17.1 Å². The van der Waals surface area contributed by atoms with Gasteiger partial charge < -0.3 is 11.5 Å². The van der Waals surface area contributed by atoms with Crippen molar-refractivity contribution in [1.82, 2.24) is 59.5 Å². The quantitative estimate of drug-likeness (QED) is 0.122. The Balaban J connectivity index is 0.000000289. The summed E-state index contributed by atoms with van der Waals surface area (Å²) in [5.41, 5.74) is 16.0. The number of halogens is 2. The van der Waals surface area contributed by atoms with Crippen molar-refractivity contribution in [2.75, 3.05) is 11.5 Å². The van der Waals surface area contributed by atoms with Gasteiger partial charge in [-0.1, -0.05) is 37.1 Å². The second-order valence-corrected chi connectivity index (χ2v) is 11.9. The number of anilines is 2. The summed E-state index contributed by atoms with van der Waals surface area (Å²) in [6.07, 6.45) is 15.2. The van der Waals surface area contributed by atoms with Crippen molar-refractivity contribution in [1.29, 1.82) is 0 Å². The minimum atomic E-state index is -4.94. The molecule has 0 bridgehead atoms. The van der Waals surface area contributed by atoms with E-state index in [9.17, 15) is 0 Å². The number of nitrogens with two attached hydrogens (primary N) is 2. The molecule has 0 aromatic carbocycles. The first kappa shape index (κ1) is 44.5. The van der Waals surface area contributed by atoms with Crippen LogP contribution in [0.15, 0.2) is 73.6 Å². The molecule has 0 aliphatic heterocycles. The van der Waals surface area contributed by atoms with E-state index in [0.717, 1.165) is 38.8 Å². The molecule has 6 aromatic heterocycles. The summed E-state index contributed by atoms with van der Waals surface area (Å²) in [6.45, 7) is 6.01. The predicted molar refractivity (Wildman–Crippen MR) is 159 cm³/mol. The molecular formula is C28H34Cl2FeN14O8. The number of hydrogen-bond acceptors (Lipinski definition) is 18. The zero-order valence-corrected chi connectivity index (χ0v) is 30.7. The van der Waals surface area contributed by atoms with Crippen LogP contribution in [0.2, 0.25) is 0 Å². The molecule has 0 spiro atoms. The molecule has 0 fully saturated rings. The summed E-state index contributed by atoms with van der Waals surface area (Å²) in [4.78, 5) is 9.09. The summed E-state index contributed by atoms with van der Waals surface area (Å²) >= 11 is 0. The molecule has 6 rings (SSSR count). The van der Waals surface area contributed by atoms with Crippen LogP contribution in [0.3, 0.4) is 0 Å². The number of aryl methyl sites for hydroxylation is 2. The molecule has 22 nitrogen and oxygen atoms in total. The monoisotopic (exact) mass is 820 g/mol. The molecule has 286 valence electrons. The van der Waals surface area contributed by atoms with Crippen molar-refractivity contribution < 1.29 is 74.8 Å². The minimum absolute atomic E-state index is 0. The summed E-state index contributed by atoms with van der Waals surface area (Å²) in [7, 11) is -9.89. The molecule has 6 aromatic rings. The van der Waals surface area contributed by atoms with Gasteiger partial charge in [0.05, 0.1) is 23.8 Å². The van der Waals surface area contributed by atoms with E-state index >= 15 is 0 Å². The maximum atomic E-state index is 8.49. The standard InChI is InChI=1S/2C14H17N7.2ClHO4.Fe/c2*1-2-3-6-20-10-13(18-19-20)12-8-11(15)9-14(17-12)21-7-4-5-16-21;2*2-1(3,4)5;/h2*4-5,7-10H,2-3,6H2,1H3,(H2,15,17);2*(H,2,3,4,5);/q;;;;+2/p-2. The number of pyridine rings is 2. The molecule has 0 saturated heterocycles. The van der Waals surface area contributed by atoms with Crippen LogP contribution in [0.1, 0.15) is 39.5 Å². The van der Waals surface area contributed by atoms with Gasteiger partial charge in [-0.25, -0.2) is 56.6 Å². The Bertz CT molecular complexity index is 1770. The zero-order valence-electron chi connectivity index (χ0n) is 28.1. The molecule has 25 heteroatoms. The first-order chi connectivity index (χ1) is 24.5. The number of aromatic nitrogens is 12. The number of nitrogens with zero attached hydrogens (tertiary/aromatic N) is 12. The molecule has 0 unspecified atom stereocenters. The van der Waals surface area contributed by atoms with Gasteiger partial charge in [0.1, 0.15) is 11.4 Å². The third kappa shape index (κ3) is 17.2. The largest absolute Gasteiger partial charge is 2.00 e. The van der Waals surface area contributed by atoms with Crippen molar-refractivity contribution >= 4 is 11.4 Å². The first-order valence-electron chi connectivity index (χ1n) is 15.1. The molecule has 0 aliphatic carbocycles. The molecule has 0 amide bonds. The van der Waals surface area contributed by atoms with Crippen LogP contribution < -0.4 is 48.7 Å². The van der Waals surface area contributed by atoms with Crippen LogP contribution in [0, 0.1) is 20.5 Å². The van der Waals surface area contributed by atoms with Crippen molar-refractivity contribution in [3.63, 3.8) is 0 Å². The SMILES string of the molecule is CCCCn1cc(-c2cc(N)cc(-n3cccn3)n2)nn1.CCCCn1cc(-c2cc(N)cc(-n3cccn3)n2)nn1.[Fe+2].[O-][Cl+3]([O-])([O-])[O-].[O-][Cl+3]([O-])([O-])[O-]. The summed E-state index contributed by atoms with van der Waals surface area (Å²) < 4.78 is 74.9. The van der Waals surface area contributed by atoms with Gasteiger partial charge in [0, 0.05) is 61.4 Å². The molecule has 4 N–H and O–H groups in total. The molecule has 0 radical (unpaired) electrons. The average molecular weight is 821 g/mol. The van der Waals surface area contributed by atoms with Gasteiger partial charge in [0.15, 0.2) is 11.6 Å². The fraction of sp³-hybridized carbons (Fsp3) is 0.286. The van der Waals surface area contributed by atoms with Gasteiger partial charge >= 0.3 is 17.1 Å². The maximum absolute atomic E-state index is 8.49. The number of hydrogen-bond donors (Lipinski definition) is 2. The molecule has 0 saturated carbocycles. The Kier molecular flexibility index (Phi) is 17.8. The molecule has 53 heavy (non-hydrogen) atoms. The van der Waals surface area contributed by atoms with E-state index in [2.05, 4.69) is 54.6 Å². The van der Waals surface area contributed by atoms with E-state index in [4.69, 9.17) is 48.7 Å². The maximum Gasteiger partial charge on any atom is 2.00 e. The van der Waals surface area contributed by atoms with E-state index < -0.39 is 20.5 Å². The van der Waals surface area contributed by atoms with Crippen LogP contribution in [0.4, 0.5) is 11.4 Å². The topological polar surface area (TPSA) is 359 Å². The zero-order chi connectivity index (χ0) is 38.3. The number of nitrogen functional groups attached to an aromatic ring is 2. The van der Waals surface area contributed by atoms with Crippen molar-refractivity contribution in [2.45, 2.75) is 52.6 Å². The first-order valence-corrected chi connectivity index (χ1v) is 17.6. The Morgan fingerprint density at radius 3 is 1.25 bits per heavy atom. The fourth-order valence-electron chi connectivity index (χ4n) is 4.07. The van der Waals surface area contributed by atoms with Crippen molar-refractivity contribution in [2.24, 2.45) is 0 Å². The predicted octanol–water partition coefficient (Wildman–Crippen LogP) is -5.70. The van der Waals surface area contributed by atoms with E-state index in [1.54, 1.807) is 46.0 Å². The molecule has 0 aliphatic rings. The smallest absolute Gasteiger partial charge is 0.399 e. The Morgan fingerprint density at radius 1 is 0.585 bits per heavy atom. The van der Waals surface area contributed by atoms with E-state index in [1.165, 1.54) is 0 Å². The minimum Gasteiger partial charge on any atom is -0.399 e. The van der Waals surface area contributed by atoms with Crippen molar-refractivity contribution in [3.05, 3.63) is 73.6 Å². The second-order valence-electron chi connectivity index (χ2n) is 10.4. The number of rotatable bonds is 10. The van der Waals surface area contributed by atoms with Crippen LogP contribution in [-0.2, 0) is 30.2 Å². The third-order valence-electron chi connectivity index (χ3n) is 6.23. The van der Waals surface area contributed by atoms with Crippen LogP contribution in [-0.4, -0.2) is 59.5 Å². The van der Waals surface area contributed by atoms with Gasteiger partial charge in [-0.3, -0.25) is 9.36 Å². The molecule has 6 heterocycles. The van der Waals surface area contributed by atoms with E-state index in [1.807, 2.05) is 46.3 Å². The van der Waals surface area contributed by atoms with Gasteiger partial charge in [-0.15, -0.1) is 30.7 Å². The Morgan fingerprint density at radius 2 is 0.943 bits per heavy atom. The average Bonchev–Trinajstić information content (AvgIpc) is 3.89. The van der Waals surface area contributed by atoms with Crippen molar-refractivity contribution in [3.8, 4) is 34.4 Å². The van der Waals surface area contributed by atoms with E-state index in [0.29, 0.717) is 45.8 Å². The summed E-state index contributed by atoms with van der Waals surface area (Å²) in [6, 6.07) is 10.8. The number of unbranched alkanes of at least 4 members (excludes halogenated alkanes) is 2. The van der Waals surface area contributed by atoms with Crippen LogP contribution in [0.5, 0.6) is 0 Å². The normalized spacial score (nSPS) is 10.9. The fourth-order valence-corrected chi connectivity index (χ4v) is 4.07. The molecular weight excluding hydrogens is 787 g/mol. The second kappa shape index (κ2) is 21.2. The molecule has 0 atom stereocenters. The third-order valence-corrected chi connectivity index (χ3v) is 6.23. The van der Waals surface area contributed by atoms with Gasteiger partial charge in [-0.2, -0.15) is 10.2 Å². The summed E-state index contributed by atoms with van der Waals surface area (Å²) in [5, 5.41) is 24.9. The van der Waals surface area contributed by atoms with Crippen LogP contribution >= 0.6 is 0 Å².